The molecule has 74 valence electrons. The number of hydrogen-bond donors (Lipinski definition) is 0. The summed E-state index contributed by atoms with van der Waals surface area (Å²) < 4.78 is 0. The van der Waals surface area contributed by atoms with Gasteiger partial charge >= 0.3 is 0 Å². The third-order valence-electron chi connectivity index (χ3n) is 2.67. The molecule has 0 bridgehead atoms. The van der Waals surface area contributed by atoms with Crippen molar-refractivity contribution in [1.82, 2.24) is 0 Å². The largest absolute Gasteiger partial charge is 0.235 e. The van der Waals surface area contributed by atoms with Crippen molar-refractivity contribution < 1.29 is 4.79 Å². The van der Waals surface area contributed by atoms with Gasteiger partial charge in [0.2, 0.25) is 6.08 Å². The molecule has 0 aliphatic heterocycles. The van der Waals surface area contributed by atoms with E-state index in [4.69, 9.17) is 0 Å². The van der Waals surface area contributed by atoms with Crippen LogP contribution in [0.5, 0.6) is 0 Å². The number of isocyanates is 1. The summed E-state index contributed by atoms with van der Waals surface area (Å²) in [6.07, 6.45) is 5.31. The van der Waals surface area contributed by atoms with Gasteiger partial charge in [-0.25, -0.2) is 4.79 Å². The number of thiophene rings is 1. The van der Waals surface area contributed by atoms with Gasteiger partial charge in [-0.1, -0.05) is 0 Å². The second-order valence-corrected chi connectivity index (χ2v) is 5.31. The van der Waals surface area contributed by atoms with Gasteiger partial charge in [-0.2, -0.15) is 4.99 Å². The van der Waals surface area contributed by atoms with Gasteiger partial charge in [0.1, 0.15) is 5.54 Å². The summed E-state index contributed by atoms with van der Waals surface area (Å²) in [6.45, 7) is 3.91. The Morgan fingerprint density at radius 1 is 1.50 bits per heavy atom. The van der Waals surface area contributed by atoms with Crippen LogP contribution in [-0.4, -0.2) is 6.08 Å². The fourth-order valence-corrected chi connectivity index (χ4v) is 3.10. The molecule has 0 saturated carbocycles. The first-order chi connectivity index (χ1) is 6.63. The predicted molar refractivity (Wildman–Crippen MR) is 57.5 cm³/mol. The predicted octanol–water partition coefficient (Wildman–Crippen LogP) is 2.81. The van der Waals surface area contributed by atoms with Gasteiger partial charge in [0.05, 0.1) is 0 Å². The fourth-order valence-electron chi connectivity index (χ4n) is 1.80. The average molecular weight is 207 g/mol. The standard InChI is InChI=1S/C11H13NOS/c1-11(2,12-7-13)10-6-8-4-3-5-9(8)14-10/h6H,3-5H2,1-2H3. The Balaban J connectivity index is 2.38. The van der Waals surface area contributed by atoms with Crippen molar-refractivity contribution >= 4 is 17.4 Å². The molecular formula is C11H13NOS. The van der Waals surface area contributed by atoms with Crippen LogP contribution in [0.25, 0.3) is 0 Å². The van der Waals surface area contributed by atoms with Crippen molar-refractivity contribution in [3.8, 4) is 0 Å². The lowest BCUT2D eigenvalue weighted by molar-refractivity contribution is 0.528. The lowest BCUT2D eigenvalue weighted by Crippen LogP contribution is -2.11. The molecule has 0 atom stereocenters. The van der Waals surface area contributed by atoms with Crippen molar-refractivity contribution in [3.05, 3.63) is 21.4 Å². The smallest absolute Gasteiger partial charge is 0.211 e. The number of aliphatic imine (C=N–C) groups is 1. The molecule has 0 spiro atoms. The van der Waals surface area contributed by atoms with Crippen LogP contribution in [0.15, 0.2) is 11.1 Å². The SMILES string of the molecule is CC(C)(N=C=O)c1cc2c(s1)CCC2. The summed E-state index contributed by atoms with van der Waals surface area (Å²) in [6, 6.07) is 2.20. The molecule has 1 aliphatic carbocycles. The third kappa shape index (κ3) is 1.54. The van der Waals surface area contributed by atoms with E-state index in [2.05, 4.69) is 11.1 Å². The highest BCUT2D eigenvalue weighted by molar-refractivity contribution is 7.12. The zero-order chi connectivity index (χ0) is 10.2. The van der Waals surface area contributed by atoms with Crippen molar-refractivity contribution in [2.24, 2.45) is 4.99 Å². The molecule has 2 rings (SSSR count). The molecule has 0 saturated heterocycles. The fraction of sp³-hybridized carbons (Fsp3) is 0.545. The zero-order valence-corrected chi connectivity index (χ0v) is 9.28. The highest BCUT2D eigenvalue weighted by Gasteiger charge is 2.25. The van der Waals surface area contributed by atoms with Crippen molar-refractivity contribution in [2.75, 3.05) is 0 Å². The van der Waals surface area contributed by atoms with E-state index >= 15 is 0 Å². The Morgan fingerprint density at radius 2 is 2.29 bits per heavy atom. The van der Waals surface area contributed by atoms with Crippen LogP contribution in [0.2, 0.25) is 0 Å². The zero-order valence-electron chi connectivity index (χ0n) is 8.46. The highest BCUT2D eigenvalue weighted by Crippen LogP contribution is 2.37. The van der Waals surface area contributed by atoms with E-state index in [9.17, 15) is 4.79 Å². The van der Waals surface area contributed by atoms with Crippen molar-refractivity contribution in [2.45, 2.75) is 38.6 Å². The first kappa shape index (κ1) is 9.63. The van der Waals surface area contributed by atoms with E-state index in [-0.39, 0.29) is 0 Å². The third-order valence-corrected chi connectivity index (χ3v) is 4.22. The van der Waals surface area contributed by atoms with Crippen LogP contribution in [0.4, 0.5) is 0 Å². The Bertz CT molecular complexity index is 378. The van der Waals surface area contributed by atoms with Crippen molar-refractivity contribution in [3.63, 3.8) is 0 Å². The van der Waals surface area contributed by atoms with Gasteiger partial charge in [-0.05, 0) is 44.7 Å². The van der Waals surface area contributed by atoms with Gasteiger partial charge in [-0.3, -0.25) is 0 Å². The number of fused-ring (bicyclic) bond motifs is 1. The summed E-state index contributed by atoms with van der Waals surface area (Å²) in [4.78, 5) is 16.8. The van der Waals surface area contributed by atoms with Crippen LogP contribution >= 0.6 is 11.3 Å². The molecule has 0 radical (unpaired) electrons. The van der Waals surface area contributed by atoms with E-state index in [1.165, 1.54) is 34.6 Å². The van der Waals surface area contributed by atoms with Crippen LogP contribution in [0.3, 0.4) is 0 Å². The molecule has 0 unspecified atom stereocenters. The first-order valence-electron chi connectivity index (χ1n) is 4.84. The number of nitrogens with zero attached hydrogens (tertiary/aromatic N) is 1. The van der Waals surface area contributed by atoms with Crippen LogP contribution in [-0.2, 0) is 23.2 Å². The van der Waals surface area contributed by atoms with Gasteiger partial charge in [0.15, 0.2) is 0 Å². The maximum atomic E-state index is 10.3. The minimum absolute atomic E-state index is 0.392. The second kappa shape index (κ2) is 3.34. The molecule has 1 aromatic heterocycles. The molecule has 0 amide bonds. The molecular weight excluding hydrogens is 194 g/mol. The van der Waals surface area contributed by atoms with Crippen LogP contribution in [0.1, 0.15) is 35.6 Å². The summed E-state index contributed by atoms with van der Waals surface area (Å²) in [7, 11) is 0. The molecule has 0 aromatic carbocycles. The molecule has 3 heteroatoms. The van der Waals surface area contributed by atoms with E-state index in [0.717, 1.165) is 0 Å². The van der Waals surface area contributed by atoms with Crippen molar-refractivity contribution in [1.29, 1.82) is 0 Å². The first-order valence-corrected chi connectivity index (χ1v) is 5.66. The normalized spacial score (nSPS) is 15.0. The highest BCUT2D eigenvalue weighted by atomic mass is 32.1. The number of rotatable bonds is 2. The summed E-state index contributed by atoms with van der Waals surface area (Å²) in [5, 5.41) is 0. The Labute approximate surface area is 87.7 Å². The summed E-state index contributed by atoms with van der Waals surface area (Å²) in [5.74, 6) is 0. The molecule has 0 N–H and O–H groups in total. The van der Waals surface area contributed by atoms with Gasteiger partial charge < -0.3 is 0 Å². The Morgan fingerprint density at radius 3 is 2.93 bits per heavy atom. The van der Waals surface area contributed by atoms with E-state index < -0.39 is 5.54 Å². The maximum absolute atomic E-state index is 10.3. The molecule has 1 aromatic rings. The second-order valence-electron chi connectivity index (χ2n) is 4.17. The summed E-state index contributed by atoms with van der Waals surface area (Å²) in [5.41, 5.74) is 1.07. The topological polar surface area (TPSA) is 29.4 Å². The van der Waals surface area contributed by atoms with E-state index in [1.54, 1.807) is 17.4 Å². The lowest BCUT2D eigenvalue weighted by Gasteiger charge is -2.14. The quantitative estimate of drug-likeness (QED) is 0.541. The van der Waals surface area contributed by atoms with Gasteiger partial charge in [0.25, 0.3) is 0 Å². The molecule has 0 fully saturated rings. The van der Waals surface area contributed by atoms with Gasteiger partial charge in [-0.15, -0.1) is 11.3 Å². The van der Waals surface area contributed by atoms with E-state index in [0.29, 0.717) is 0 Å². The Kier molecular flexibility index (Phi) is 2.30. The molecule has 1 aliphatic rings. The van der Waals surface area contributed by atoms with Crippen LogP contribution in [0, 0.1) is 0 Å². The minimum atomic E-state index is -0.392. The minimum Gasteiger partial charge on any atom is -0.211 e. The monoisotopic (exact) mass is 207 g/mol. The summed E-state index contributed by atoms with van der Waals surface area (Å²) >= 11 is 1.80. The Hall–Kier alpha value is -0.920. The van der Waals surface area contributed by atoms with Crippen LogP contribution < -0.4 is 0 Å². The lowest BCUT2D eigenvalue weighted by atomic mass is 10.0. The molecule has 2 nitrogen and oxygen atoms in total. The molecule has 1 heterocycles. The molecule has 14 heavy (non-hydrogen) atoms. The maximum Gasteiger partial charge on any atom is 0.235 e. The van der Waals surface area contributed by atoms with Gasteiger partial charge in [0, 0.05) is 9.75 Å². The number of hydrogen-bond acceptors (Lipinski definition) is 3. The van der Waals surface area contributed by atoms with E-state index in [1.807, 2.05) is 13.8 Å². The average Bonchev–Trinajstić information content (AvgIpc) is 2.60. The number of aryl methyl sites for hydroxylation is 2. The number of carbonyl (C=O) groups excluding carboxylic acids is 1.